The predicted octanol–water partition coefficient (Wildman–Crippen LogP) is 2.03. The molecule has 0 radical (unpaired) electrons. The first-order valence-electron chi connectivity index (χ1n) is 6.74. The Labute approximate surface area is 137 Å². The lowest BCUT2D eigenvalue weighted by Crippen LogP contribution is -2.39. The van der Waals surface area contributed by atoms with E-state index in [1.54, 1.807) is 54.6 Å². The van der Waals surface area contributed by atoms with Crippen molar-refractivity contribution in [2.45, 2.75) is 0 Å². The Morgan fingerprint density at radius 2 is 1.39 bits per heavy atom. The molecule has 0 saturated carbocycles. The van der Waals surface area contributed by atoms with Crippen LogP contribution < -0.4 is 16.0 Å². The van der Waals surface area contributed by atoms with Crippen molar-refractivity contribution in [1.82, 2.24) is 5.32 Å². The average Bonchev–Trinajstić information content (AvgIpc) is 2.55. The molecule has 0 heterocycles. The molecule has 0 spiro atoms. The van der Waals surface area contributed by atoms with Crippen LogP contribution in [0.1, 0.15) is 0 Å². The fourth-order valence-corrected chi connectivity index (χ4v) is 1.81. The lowest BCUT2D eigenvalue weighted by molar-refractivity contribution is -0.136. The molecule has 0 aliphatic rings. The second-order valence-corrected chi connectivity index (χ2v) is 4.99. The summed E-state index contributed by atoms with van der Waals surface area (Å²) in [6, 6.07) is 15.1. The quantitative estimate of drug-likeness (QED) is 0.749. The zero-order valence-electron chi connectivity index (χ0n) is 12.0. The minimum atomic E-state index is -0.889. The molecule has 0 aliphatic heterocycles. The maximum absolute atomic E-state index is 11.7. The Morgan fingerprint density at radius 1 is 0.783 bits per heavy atom. The van der Waals surface area contributed by atoms with Crippen molar-refractivity contribution in [3.8, 4) is 0 Å². The normalized spacial score (nSPS) is 9.78. The topological polar surface area (TPSA) is 87.3 Å². The highest BCUT2D eigenvalue weighted by Crippen LogP contribution is 2.13. The van der Waals surface area contributed by atoms with E-state index >= 15 is 0 Å². The van der Waals surface area contributed by atoms with E-state index in [2.05, 4.69) is 16.0 Å². The number of halogens is 1. The van der Waals surface area contributed by atoms with Gasteiger partial charge in [0.15, 0.2) is 0 Å². The zero-order valence-corrected chi connectivity index (χ0v) is 12.8. The second kappa shape index (κ2) is 7.95. The lowest BCUT2D eigenvalue weighted by atomic mass is 10.3. The van der Waals surface area contributed by atoms with E-state index in [9.17, 15) is 14.4 Å². The third-order valence-electron chi connectivity index (χ3n) is 2.78. The highest BCUT2D eigenvalue weighted by molar-refractivity contribution is 6.39. The summed E-state index contributed by atoms with van der Waals surface area (Å²) in [5.41, 5.74) is 1.04. The Balaban J connectivity index is 1.78. The number of nitrogens with one attached hydrogen (secondary N) is 3. The fourth-order valence-electron chi connectivity index (χ4n) is 1.69. The molecule has 0 saturated heterocycles. The van der Waals surface area contributed by atoms with Gasteiger partial charge in [-0.25, -0.2) is 0 Å². The number of carbonyl (C=O) groups is 3. The van der Waals surface area contributed by atoms with Crippen molar-refractivity contribution in [2.24, 2.45) is 0 Å². The van der Waals surface area contributed by atoms with Gasteiger partial charge in [-0.15, -0.1) is 0 Å². The van der Waals surface area contributed by atoms with E-state index < -0.39 is 17.7 Å². The molecule has 6 nitrogen and oxygen atoms in total. The molecule has 7 heteroatoms. The van der Waals surface area contributed by atoms with E-state index in [-0.39, 0.29) is 6.54 Å². The summed E-state index contributed by atoms with van der Waals surface area (Å²) >= 11 is 5.74. The number of hydrogen-bond donors (Lipinski definition) is 3. The number of rotatable bonds is 4. The molecule has 118 valence electrons. The number of benzene rings is 2. The smallest absolute Gasteiger partial charge is 0.313 e. The van der Waals surface area contributed by atoms with Crippen molar-refractivity contribution >= 4 is 40.7 Å². The molecule has 0 atom stereocenters. The molecule has 2 aromatic carbocycles. The van der Waals surface area contributed by atoms with Crippen LogP contribution in [-0.2, 0) is 14.4 Å². The van der Waals surface area contributed by atoms with Gasteiger partial charge in [-0.3, -0.25) is 14.4 Å². The summed E-state index contributed by atoms with van der Waals surface area (Å²) in [4.78, 5) is 35.0. The third kappa shape index (κ3) is 5.44. The summed E-state index contributed by atoms with van der Waals surface area (Å²) in [7, 11) is 0. The summed E-state index contributed by atoms with van der Waals surface area (Å²) in [6.07, 6.45) is 0. The zero-order chi connectivity index (χ0) is 16.7. The van der Waals surface area contributed by atoms with Gasteiger partial charge in [0, 0.05) is 16.4 Å². The maximum Gasteiger partial charge on any atom is 0.313 e. The number of carbonyl (C=O) groups excluding carboxylic acids is 3. The molecule has 3 amide bonds. The van der Waals surface area contributed by atoms with Crippen LogP contribution in [0.4, 0.5) is 11.4 Å². The molecule has 0 bridgehead atoms. The third-order valence-corrected chi connectivity index (χ3v) is 3.03. The first-order valence-corrected chi connectivity index (χ1v) is 7.12. The fraction of sp³-hybridized carbons (Fsp3) is 0.0625. The van der Waals surface area contributed by atoms with Gasteiger partial charge < -0.3 is 16.0 Å². The lowest BCUT2D eigenvalue weighted by Gasteiger charge is -2.07. The van der Waals surface area contributed by atoms with Gasteiger partial charge in [0.2, 0.25) is 5.91 Å². The van der Waals surface area contributed by atoms with Crippen LogP contribution in [0.2, 0.25) is 5.02 Å². The number of amides is 3. The average molecular weight is 332 g/mol. The van der Waals surface area contributed by atoms with Gasteiger partial charge >= 0.3 is 11.8 Å². The summed E-state index contributed by atoms with van der Waals surface area (Å²) in [5.74, 6) is -2.18. The molecule has 0 unspecified atom stereocenters. The van der Waals surface area contributed by atoms with Crippen LogP contribution >= 0.6 is 11.6 Å². The van der Waals surface area contributed by atoms with Crippen LogP contribution in [0.3, 0.4) is 0 Å². The van der Waals surface area contributed by atoms with Crippen LogP contribution in [0, 0.1) is 0 Å². The molecule has 0 aromatic heterocycles. The number of hydrogen-bond acceptors (Lipinski definition) is 3. The Kier molecular flexibility index (Phi) is 5.71. The minimum Gasteiger partial charge on any atom is -0.339 e. The Bertz CT molecular complexity index is 702. The molecule has 23 heavy (non-hydrogen) atoms. The van der Waals surface area contributed by atoms with Crippen LogP contribution in [0.25, 0.3) is 0 Å². The summed E-state index contributed by atoms with van der Waals surface area (Å²) in [6.45, 7) is -0.316. The Hall–Kier alpha value is -2.86. The van der Waals surface area contributed by atoms with Crippen molar-refractivity contribution < 1.29 is 14.4 Å². The molecular weight excluding hydrogens is 318 g/mol. The van der Waals surface area contributed by atoms with Crippen LogP contribution in [-0.4, -0.2) is 24.3 Å². The first kappa shape index (κ1) is 16.5. The molecule has 0 fully saturated rings. The summed E-state index contributed by atoms with van der Waals surface area (Å²) < 4.78 is 0. The highest BCUT2D eigenvalue weighted by Gasteiger charge is 2.14. The van der Waals surface area contributed by atoms with Gasteiger partial charge in [0.1, 0.15) is 0 Å². The van der Waals surface area contributed by atoms with Gasteiger partial charge in [0.25, 0.3) is 0 Å². The van der Waals surface area contributed by atoms with Crippen molar-refractivity contribution in [1.29, 1.82) is 0 Å². The van der Waals surface area contributed by atoms with Crippen molar-refractivity contribution in [3.63, 3.8) is 0 Å². The second-order valence-electron chi connectivity index (χ2n) is 4.56. The summed E-state index contributed by atoms with van der Waals surface area (Å²) in [5, 5.41) is 7.79. The standard InChI is InChI=1S/C16H14ClN3O3/c17-11-6-8-13(9-7-11)19-14(21)10-18-15(22)16(23)20-12-4-2-1-3-5-12/h1-9H,10H2,(H,18,22)(H,19,21)(H,20,23). The van der Waals surface area contributed by atoms with E-state index in [0.717, 1.165) is 0 Å². The number of para-hydroxylation sites is 1. The van der Waals surface area contributed by atoms with E-state index in [0.29, 0.717) is 16.4 Å². The van der Waals surface area contributed by atoms with Gasteiger partial charge in [0.05, 0.1) is 6.54 Å². The van der Waals surface area contributed by atoms with E-state index in [1.807, 2.05) is 0 Å². The van der Waals surface area contributed by atoms with Crippen molar-refractivity contribution in [3.05, 3.63) is 59.6 Å². The highest BCUT2D eigenvalue weighted by atomic mass is 35.5. The largest absolute Gasteiger partial charge is 0.339 e. The first-order chi connectivity index (χ1) is 11.0. The maximum atomic E-state index is 11.7. The molecule has 2 rings (SSSR count). The van der Waals surface area contributed by atoms with E-state index in [4.69, 9.17) is 11.6 Å². The van der Waals surface area contributed by atoms with Gasteiger partial charge in [-0.05, 0) is 36.4 Å². The van der Waals surface area contributed by atoms with Gasteiger partial charge in [-0.1, -0.05) is 29.8 Å². The van der Waals surface area contributed by atoms with E-state index in [1.165, 1.54) is 0 Å². The van der Waals surface area contributed by atoms with Crippen LogP contribution in [0.5, 0.6) is 0 Å². The van der Waals surface area contributed by atoms with Crippen LogP contribution in [0.15, 0.2) is 54.6 Å². The van der Waals surface area contributed by atoms with Gasteiger partial charge in [-0.2, -0.15) is 0 Å². The molecule has 2 aromatic rings. The number of anilines is 2. The molecule has 3 N–H and O–H groups in total. The SMILES string of the molecule is O=C(CNC(=O)C(=O)Nc1ccccc1)Nc1ccc(Cl)cc1. The molecular formula is C16H14ClN3O3. The van der Waals surface area contributed by atoms with Crippen molar-refractivity contribution in [2.75, 3.05) is 17.2 Å². The Morgan fingerprint density at radius 3 is 2.04 bits per heavy atom. The molecule has 0 aliphatic carbocycles. The predicted molar refractivity (Wildman–Crippen MR) is 88.2 cm³/mol. The minimum absolute atomic E-state index is 0.316. The monoisotopic (exact) mass is 331 g/mol.